The van der Waals surface area contributed by atoms with E-state index >= 15 is 0 Å². The van der Waals surface area contributed by atoms with Crippen molar-refractivity contribution in [1.29, 1.82) is 0 Å². The number of nitrogens with zero attached hydrogens (tertiary/aromatic N) is 2. The largest absolute Gasteiger partial charge is 0.294 e. The Bertz CT molecular complexity index is 564. The molecule has 2 rings (SSSR count). The third-order valence-corrected chi connectivity index (χ3v) is 3.06. The van der Waals surface area contributed by atoms with Crippen LogP contribution in [-0.4, -0.2) is 15.1 Å². The summed E-state index contributed by atoms with van der Waals surface area (Å²) in [5, 5.41) is 1.26. The standard InChI is InChI=1S/C12H9ClN2OS/c1-8(16)11(12-14-7-15-17-12)6-9-3-2-4-10(13)5-9/h2-7H,1H3/b11-6-. The lowest BCUT2D eigenvalue weighted by molar-refractivity contribution is -0.111. The van der Waals surface area contributed by atoms with Crippen molar-refractivity contribution in [3.63, 3.8) is 0 Å². The van der Waals surface area contributed by atoms with Crippen molar-refractivity contribution in [2.45, 2.75) is 6.92 Å². The molecule has 0 aliphatic carbocycles. The molecule has 0 fully saturated rings. The van der Waals surface area contributed by atoms with Crippen LogP contribution in [0.3, 0.4) is 0 Å². The van der Waals surface area contributed by atoms with Gasteiger partial charge in [-0.05, 0) is 42.2 Å². The van der Waals surface area contributed by atoms with Crippen LogP contribution in [0.25, 0.3) is 11.6 Å². The van der Waals surface area contributed by atoms with Crippen LogP contribution in [0.1, 0.15) is 17.5 Å². The topological polar surface area (TPSA) is 42.9 Å². The summed E-state index contributed by atoms with van der Waals surface area (Å²) in [5.41, 5.74) is 1.42. The molecule has 1 aromatic carbocycles. The van der Waals surface area contributed by atoms with E-state index in [1.54, 1.807) is 18.2 Å². The summed E-state index contributed by atoms with van der Waals surface area (Å²) in [5.74, 6) is -0.0401. The highest BCUT2D eigenvalue weighted by atomic mass is 35.5. The number of ketones is 1. The number of hydrogen-bond acceptors (Lipinski definition) is 4. The van der Waals surface area contributed by atoms with Crippen LogP contribution in [0.15, 0.2) is 30.6 Å². The van der Waals surface area contributed by atoms with Gasteiger partial charge in [0.2, 0.25) is 0 Å². The highest BCUT2D eigenvalue weighted by Crippen LogP contribution is 2.21. The highest BCUT2D eigenvalue weighted by Gasteiger charge is 2.10. The first kappa shape index (κ1) is 12.0. The molecule has 0 saturated carbocycles. The molecule has 0 saturated heterocycles. The molecule has 17 heavy (non-hydrogen) atoms. The van der Waals surface area contributed by atoms with Crippen molar-refractivity contribution in [1.82, 2.24) is 9.36 Å². The zero-order valence-corrected chi connectivity index (χ0v) is 10.6. The number of allylic oxidation sites excluding steroid dienone is 1. The zero-order valence-electron chi connectivity index (χ0n) is 9.05. The molecule has 0 spiro atoms. The van der Waals surface area contributed by atoms with Crippen LogP contribution in [-0.2, 0) is 4.79 Å². The Balaban J connectivity index is 2.44. The van der Waals surface area contributed by atoms with E-state index in [1.165, 1.54) is 24.8 Å². The van der Waals surface area contributed by atoms with Crippen molar-refractivity contribution in [3.05, 3.63) is 46.2 Å². The first-order valence-electron chi connectivity index (χ1n) is 4.92. The van der Waals surface area contributed by atoms with Crippen LogP contribution < -0.4 is 0 Å². The first-order chi connectivity index (χ1) is 8.16. The second kappa shape index (κ2) is 5.21. The van der Waals surface area contributed by atoms with Crippen molar-refractivity contribution in [2.24, 2.45) is 0 Å². The molecule has 2 aromatic rings. The SMILES string of the molecule is CC(=O)/C(=C/c1cccc(Cl)c1)c1ncns1. The molecule has 3 nitrogen and oxygen atoms in total. The Morgan fingerprint density at radius 3 is 2.88 bits per heavy atom. The minimum Gasteiger partial charge on any atom is -0.294 e. The van der Waals surface area contributed by atoms with E-state index < -0.39 is 0 Å². The lowest BCUT2D eigenvalue weighted by Gasteiger charge is -1.99. The smallest absolute Gasteiger partial charge is 0.162 e. The summed E-state index contributed by atoms with van der Waals surface area (Å²) in [7, 11) is 0. The molecule has 1 heterocycles. The van der Waals surface area contributed by atoms with Crippen LogP contribution in [0.2, 0.25) is 5.02 Å². The van der Waals surface area contributed by atoms with Crippen molar-refractivity contribution in [2.75, 3.05) is 0 Å². The maximum atomic E-state index is 11.6. The average Bonchev–Trinajstić information content (AvgIpc) is 2.78. The number of Topliss-reactive ketones (excluding diaryl/α,β-unsaturated/α-hetero) is 1. The quantitative estimate of drug-likeness (QED) is 0.799. The van der Waals surface area contributed by atoms with Gasteiger partial charge in [-0.15, -0.1) is 0 Å². The Hall–Kier alpha value is -1.52. The van der Waals surface area contributed by atoms with Gasteiger partial charge in [0.15, 0.2) is 5.78 Å². The lowest BCUT2D eigenvalue weighted by Crippen LogP contribution is -1.95. The summed E-state index contributed by atoms with van der Waals surface area (Å²) in [4.78, 5) is 15.6. The average molecular weight is 265 g/mol. The number of benzene rings is 1. The molecule has 0 N–H and O–H groups in total. The number of carbonyl (C=O) groups excluding carboxylic acids is 1. The summed E-state index contributed by atoms with van der Waals surface area (Å²) in [6.07, 6.45) is 3.21. The van der Waals surface area contributed by atoms with E-state index in [0.29, 0.717) is 15.6 Å². The molecule has 5 heteroatoms. The van der Waals surface area contributed by atoms with E-state index in [9.17, 15) is 4.79 Å². The minimum absolute atomic E-state index is 0.0401. The molecular formula is C12H9ClN2OS. The monoisotopic (exact) mass is 264 g/mol. The minimum atomic E-state index is -0.0401. The number of rotatable bonds is 3. The number of carbonyl (C=O) groups is 1. The number of halogens is 1. The Morgan fingerprint density at radius 2 is 2.29 bits per heavy atom. The van der Waals surface area contributed by atoms with Crippen LogP contribution in [0, 0.1) is 0 Å². The Kier molecular flexibility index (Phi) is 3.66. The van der Waals surface area contributed by atoms with Gasteiger partial charge in [-0.3, -0.25) is 4.79 Å². The van der Waals surface area contributed by atoms with E-state index in [0.717, 1.165) is 5.56 Å². The predicted octanol–water partition coefficient (Wildman–Crippen LogP) is 3.32. The van der Waals surface area contributed by atoms with Crippen molar-refractivity contribution in [3.8, 4) is 0 Å². The fourth-order valence-electron chi connectivity index (χ4n) is 1.37. The maximum Gasteiger partial charge on any atom is 0.162 e. The summed E-state index contributed by atoms with van der Waals surface area (Å²) in [6, 6.07) is 7.31. The molecule has 0 bridgehead atoms. The van der Waals surface area contributed by atoms with E-state index in [-0.39, 0.29) is 5.78 Å². The van der Waals surface area contributed by atoms with Crippen molar-refractivity contribution < 1.29 is 4.79 Å². The third-order valence-electron chi connectivity index (χ3n) is 2.13. The van der Waals surface area contributed by atoms with Crippen LogP contribution in [0.5, 0.6) is 0 Å². The molecule has 86 valence electrons. The maximum absolute atomic E-state index is 11.6. The summed E-state index contributed by atoms with van der Waals surface area (Å²) >= 11 is 7.09. The second-order valence-corrected chi connectivity index (χ2v) is 4.63. The molecule has 0 atom stereocenters. The van der Waals surface area contributed by atoms with Gasteiger partial charge in [-0.25, -0.2) is 4.98 Å². The molecule has 0 radical (unpaired) electrons. The van der Waals surface area contributed by atoms with Gasteiger partial charge >= 0.3 is 0 Å². The molecular weight excluding hydrogens is 256 g/mol. The van der Waals surface area contributed by atoms with Gasteiger partial charge in [-0.2, -0.15) is 4.37 Å². The number of aromatic nitrogens is 2. The molecule has 0 amide bonds. The normalized spacial score (nSPS) is 11.5. The van der Waals surface area contributed by atoms with Crippen LogP contribution >= 0.6 is 23.1 Å². The van der Waals surface area contributed by atoms with E-state index in [2.05, 4.69) is 9.36 Å². The van der Waals surface area contributed by atoms with Gasteiger partial charge in [0.25, 0.3) is 0 Å². The van der Waals surface area contributed by atoms with Crippen molar-refractivity contribution >= 4 is 40.6 Å². The molecule has 0 aliphatic rings. The Morgan fingerprint density at radius 1 is 1.47 bits per heavy atom. The molecule has 0 aliphatic heterocycles. The fourth-order valence-corrected chi connectivity index (χ4v) is 2.16. The fraction of sp³-hybridized carbons (Fsp3) is 0.0833. The Labute approximate surface area is 108 Å². The predicted molar refractivity (Wildman–Crippen MR) is 69.9 cm³/mol. The number of hydrogen-bond donors (Lipinski definition) is 0. The second-order valence-electron chi connectivity index (χ2n) is 3.42. The van der Waals surface area contributed by atoms with Gasteiger partial charge in [-0.1, -0.05) is 23.7 Å². The van der Waals surface area contributed by atoms with Gasteiger partial charge in [0, 0.05) is 5.02 Å². The summed E-state index contributed by atoms with van der Waals surface area (Å²) < 4.78 is 3.90. The molecule has 1 aromatic heterocycles. The van der Waals surface area contributed by atoms with E-state index in [1.807, 2.05) is 12.1 Å². The zero-order chi connectivity index (χ0) is 12.3. The lowest BCUT2D eigenvalue weighted by atomic mass is 10.1. The molecule has 0 unspecified atom stereocenters. The van der Waals surface area contributed by atoms with Crippen LogP contribution in [0.4, 0.5) is 0 Å². The van der Waals surface area contributed by atoms with E-state index in [4.69, 9.17) is 11.6 Å². The first-order valence-corrected chi connectivity index (χ1v) is 6.07. The van der Waals surface area contributed by atoms with Gasteiger partial charge in [0.1, 0.15) is 11.3 Å². The summed E-state index contributed by atoms with van der Waals surface area (Å²) in [6.45, 7) is 1.51. The third kappa shape index (κ3) is 2.99. The highest BCUT2D eigenvalue weighted by molar-refractivity contribution is 7.07. The van der Waals surface area contributed by atoms with Gasteiger partial charge in [0.05, 0.1) is 5.57 Å². The van der Waals surface area contributed by atoms with Gasteiger partial charge < -0.3 is 0 Å².